The number of para-hydroxylation sites is 1. The third-order valence-corrected chi connectivity index (χ3v) is 4.67. The van der Waals surface area contributed by atoms with E-state index in [4.69, 9.17) is 0 Å². The van der Waals surface area contributed by atoms with Gasteiger partial charge in [0.25, 0.3) is 5.56 Å². The molecule has 0 unspecified atom stereocenters. The number of hydrogen-bond donors (Lipinski definition) is 3. The first-order valence-electron chi connectivity index (χ1n) is 8.75. The molecule has 0 spiro atoms. The lowest BCUT2D eigenvalue weighted by molar-refractivity contribution is -0.114. The average Bonchev–Trinajstić information content (AvgIpc) is 2.67. The van der Waals surface area contributed by atoms with E-state index in [1.54, 1.807) is 30.3 Å². The van der Waals surface area contributed by atoms with Gasteiger partial charge in [-0.15, -0.1) is 10.2 Å². The van der Waals surface area contributed by atoms with Crippen LogP contribution >= 0.6 is 11.8 Å². The van der Waals surface area contributed by atoms with Crippen LogP contribution in [-0.4, -0.2) is 32.7 Å². The summed E-state index contributed by atoms with van der Waals surface area (Å²) in [6.07, 6.45) is 0. The van der Waals surface area contributed by atoms with Crippen LogP contribution in [0.4, 0.5) is 11.4 Å². The monoisotopic (exact) mass is 409 g/mol. The third kappa shape index (κ3) is 5.52. The van der Waals surface area contributed by atoms with Crippen LogP contribution in [-0.2, 0) is 9.59 Å². The van der Waals surface area contributed by atoms with E-state index in [-0.39, 0.29) is 28.4 Å². The van der Waals surface area contributed by atoms with Crippen LogP contribution in [0.15, 0.2) is 58.5 Å². The largest absolute Gasteiger partial charge is 0.326 e. The third-order valence-electron chi connectivity index (χ3n) is 3.81. The molecule has 0 saturated carbocycles. The van der Waals surface area contributed by atoms with Crippen LogP contribution < -0.4 is 16.2 Å². The van der Waals surface area contributed by atoms with Gasteiger partial charge in [-0.3, -0.25) is 19.4 Å². The molecule has 1 aromatic heterocycles. The maximum atomic E-state index is 12.5. The second-order valence-electron chi connectivity index (χ2n) is 6.24. The van der Waals surface area contributed by atoms with Gasteiger partial charge in [0.2, 0.25) is 11.8 Å². The summed E-state index contributed by atoms with van der Waals surface area (Å²) in [7, 11) is 0. The zero-order valence-electron chi connectivity index (χ0n) is 15.9. The van der Waals surface area contributed by atoms with Crippen LogP contribution in [0.1, 0.15) is 12.5 Å². The van der Waals surface area contributed by atoms with Crippen molar-refractivity contribution < 1.29 is 9.59 Å². The molecular formula is C20H19N5O3S. The molecule has 29 heavy (non-hydrogen) atoms. The topological polar surface area (TPSA) is 117 Å². The molecule has 148 valence electrons. The number of aromatic amines is 1. The normalized spacial score (nSPS) is 10.4. The fourth-order valence-corrected chi connectivity index (χ4v) is 3.21. The van der Waals surface area contributed by atoms with Gasteiger partial charge in [0.05, 0.1) is 11.4 Å². The Bertz CT molecular complexity index is 1110. The number of hydrogen-bond acceptors (Lipinski definition) is 6. The Balaban J connectivity index is 1.70. The maximum absolute atomic E-state index is 12.5. The highest BCUT2D eigenvalue weighted by atomic mass is 32.2. The molecule has 3 N–H and O–H groups in total. The summed E-state index contributed by atoms with van der Waals surface area (Å²) < 4.78 is 0. The van der Waals surface area contributed by atoms with Gasteiger partial charge < -0.3 is 10.6 Å². The molecule has 0 aliphatic heterocycles. The first-order valence-corrected chi connectivity index (χ1v) is 9.74. The quantitative estimate of drug-likeness (QED) is 0.539. The van der Waals surface area contributed by atoms with Crippen molar-refractivity contribution in [1.29, 1.82) is 0 Å². The van der Waals surface area contributed by atoms with E-state index in [1.165, 1.54) is 6.92 Å². The highest BCUT2D eigenvalue weighted by Gasteiger charge is 2.13. The van der Waals surface area contributed by atoms with Crippen molar-refractivity contribution in [2.75, 3.05) is 16.4 Å². The van der Waals surface area contributed by atoms with Crippen molar-refractivity contribution in [1.82, 2.24) is 15.2 Å². The minimum atomic E-state index is -0.459. The number of H-pyrrole nitrogens is 1. The number of rotatable bonds is 6. The number of thioether (sulfide) groups is 1. The maximum Gasteiger partial charge on any atom is 0.278 e. The summed E-state index contributed by atoms with van der Waals surface area (Å²) in [4.78, 5) is 38.6. The fraction of sp³-hybridized carbons (Fsp3) is 0.150. The number of carbonyl (C=O) groups excluding carboxylic acids is 2. The minimum Gasteiger partial charge on any atom is -0.326 e. The minimum absolute atomic E-state index is 0.0698. The summed E-state index contributed by atoms with van der Waals surface area (Å²) in [5.41, 5.74) is 2.31. The molecule has 3 aromatic rings. The van der Waals surface area contributed by atoms with Crippen molar-refractivity contribution in [3.05, 3.63) is 64.4 Å². The van der Waals surface area contributed by atoms with Crippen molar-refractivity contribution in [3.8, 4) is 11.3 Å². The Morgan fingerprint density at radius 2 is 1.86 bits per heavy atom. The summed E-state index contributed by atoms with van der Waals surface area (Å²) in [6.45, 7) is 3.32. The number of aryl methyl sites for hydroxylation is 1. The van der Waals surface area contributed by atoms with Gasteiger partial charge in [-0.25, -0.2) is 0 Å². The molecule has 3 rings (SSSR count). The fourth-order valence-electron chi connectivity index (χ4n) is 2.61. The van der Waals surface area contributed by atoms with E-state index in [9.17, 15) is 14.4 Å². The molecular weight excluding hydrogens is 390 g/mol. The first-order chi connectivity index (χ1) is 13.9. The molecule has 1 heterocycles. The zero-order valence-corrected chi connectivity index (χ0v) is 16.7. The van der Waals surface area contributed by atoms with Gasteiger partial charge in [0.15, 0.2) is 10.9 Å². The predicted molar refractivity (Wildman–Crippen MR) is 113 cm³/mol. The number of nitrogens with zero attached hydrogens (tertiary/aromatic N) is 2. The van der Waals surface area contributed by atoms with Crippen molar-refractivity contribution >= 4 is 35.0 Å². The SMILES string of the molecule is CC(=O)Nc1ccccc1-c1nnc(SCC(=O)Nc2cccc(C)c2)[nH]c1=O. The lowest BCUT2D eigenvalue weighted by atomic mass is 10.1. The van der Waals surface area contributed by atoms with Crippen LogP contribution in [0.3, 0.4) is 0 Å². The van der Waals surface area contributed by atoms with Gasteiger partial charge in [0, 0.05) is 18.2 Å². The summed E-state index contributed by atoms with van der Waals surface area (Å²) in [6, 6.07) is 14.3. The van der Waals surface area contributed by atoms with Gasteiger partial charge >= 0.3 is 0 Å². The Morgan fingerprint density at radius 3 is 2.59 bits per heavy atom. The molecule has 2 aromatic carbocycles. The molecule has 9 heteroatoms. The Labute approximate surface area is 171 Å². The van der Waals surface area contributed by atoms with Crippen LogP contribution in [0.5, 0.6) is 0 Å². The number of anilines is 2. The van der Waals surface area contributed by atoms with Gasteiger partial charge in [-0.2, -0.15) is 0 Å². The molecule has 0 bridgehead atoms. The van der Waals surface area contributed by atoms with Gasteiger partial charge in [-0.05, 0) is 30.7 Å². The standard InChI is InChI=1S/C20H19N5O3S/c1-12-6-5-7-14(10-12)22-17(27)11-29-20-23-19(28)18(24-25-20)15-8-3-4-9-16(15)21-13(2)26/h3-10H,11H2,1-2H3,(H,21,26)(H,22,27)(H,23,25,28). The Hall–Kier alpha value is -3.46. The summed E-state index contributed by atoms with van der Waals surface area (Å²) >= 11 is 1.07. The van der Waals surface area contributed by atoms with E-state index in [2.05, 4.69) is 25.8 Å². The van der Waals surface area contributed by atoms with E-state index < -0.39 is 5.56 Å². The number of benzene rings is 2. The Morgan fingerprint density at radius 1 is 1.07 bits per heavy atom. The highest BCUT2D eigenvalue weighted by molar-refractivity contribution is 7.99. The summed E-state index contributed by atoms with van der Waals surface area (Å²) in [5, 5.41) is 13.7. The molecule has 8 nitrogen and oxygen atoms in total. The highest BCUT2D eigenvalue weighted by Crippen LogP contribution is 2.24. The smallest absolute Gasteiger partial charge is 0.278 e. The van der Waals surface area contributed by atoms with Crippen molar-refractivity contribution in [2.24, 2.45) is 0 Å². The number of aromatic nitrogens is 3. The number of nitrogens with one attached hydrogen (secondary N) is 3. The molecule has 2 amide bonds. The summed E-state index contributed by atoms with van der Waals surface area (Å²) in [5.74, 6) is -0.405. The second kappa shape index (κ2) is 9.16. The molecule has 0 radical (unpaired) electrons. The van der Waals surface area contributed by atoms with Crippen LogP contribution in [0, 0.1) is 6.92 Å². The predicted octanol–water partition coefficient (Wildman–Crippen LogP) is 2.83. The molecule has 0 aliphatic carbocycles. The number of carbonyl (C=O) groups is 2. The lowest BCUT2D eigenvalue weighted by Gasteiger charge is -2.08. The Kier molecular flexibility index (Phi) is 6.40. The first kappa shape index (κ1) is 20.3. The van der Waals surface area contributed by atoms with Crippen LogP contribution in [0.25, 0.3) is 11.3 Å². The average molecular weight is 409 g/mol. The van der Waals surface area contributed by atoms with E-state index in [1.807, 2.05) is 25.1 Å². The van der Waals surface area contributed by atoms with Crippen molar-refractivity contribution in [3.63, 3.8) is 0 Å². The van der Waals surface area contributed by atoms with E-state index >= 15 is 0 Å². The van der Waals surface area contributed by atoms with Gasteiger partial charge in [0.1, 0.15) is 0 Å². The van der Waals surface area contributed by atoms with Crippen LogP contribution in [0.2, 0.25) is 0 Å². The molecule has 0 atom stereocenters. The van der Waals surface area contributed by atoms with Crippen molar-refractivity contribution in [2.45, 2.75) is 19.0 Å². The molecule has 0 fully saturated rings. The number of amides is 2. The molecule has 0 saturated heterocycles. The molecule has 0 aliphatic rings. The second-order valence-corrected chi connectivity index (χ2v) is 7.21. The van der Waals surface area contributed by atoms with Gasteiger partial charge in [-0.1, -0.05) is 42.1 Å². The zero-order chi connectivity index (χ0) is 20.8. The van der Waals surface area contributed by atoms with E-state index in [0.29, 0.717) is 16.9 Å². The van der Waals surface area contributed by atoms with E-state index in [0.717, 1.165) is 17.3 Å². The lowest BCUT2D eigenvalue weighted by Crippen LogP contribution is -2.18.